The Morgan fingerprint density at radius 1 is 1.03 bits per heavy atom. The SMILES string of the molecule is CPCc1cc(Br)c(Oc2ccc(O)c(C(=O)NCC(=O)O)c2)c(Br)c1.Cc1ccccc1. The van der Waals surface area contributed by atoms with Gasteiger partial charge in [0.1, 0.15) is 18.0 Å². The van der Waals surface area contributed by atoms with Gasteiger partial charge < -0.3 is 20.3 Å². The summed E-state index contributed by atoms with van der Waals surface area (Å²) in [5.74, 6) is -1.28. The number of phenolic OH excluding ortho intramolecular Hbond substituents is 1. The molecule has 3 aromatic carbocycles. The summed E-state index contributed by atoms with van der Waals surface area (Å²) < 4.78 is 7.35. The van der Waals surface area contributed by atoms with Crippen LogP contribution in [0.1, 0.15) is 21.5 Å². The van der Waals surface area contributed by atoms with E-state index in [-0.39, 0.29) is 11.3 Å². The number of benzene rings is 3. The molecule has 0 spiro atoms. The molecule has 0 radical (unpaired) electrons. The molecule has 9 heteroatoms. The van der Waals surface area contributed by atoms with Gasteiger partial charge in [0, 0.05) is 0 Å². The Balaban J connectivity index is 0.000000468. The molecule has 1 unspecified atom stereocenters. The molecule has 0 aliphatic carbocycles. The first-order valence-corrected chi connectivity index (χ1v) is 13.2. The number of amides is 1. The highest BCUT2D eigenvalue weighted by Crippen LogP contribution is 2.39. The topological polar surface area (TPSA) is 95.9 Å². The van der Waals surface area contributed by atoms with Crippen molar-refractivity contribution in [2.45, 2.75) is 13.1 Å². The average molecular weight is 597 g/mol. The predicted molar refractivity (Wildman–Crippen MR) is 139 cm³/mol. The number of carboxylic acids is 1. The lowest BCUT2D eigenvalue weighted by atomic mass is 10.1. The van der Waals surface area contributed by atoms with Crippen molar-refractivity contribution in [2.75, 3.05) is 13.2 Å². The number of nitrogens with one attached hydrogen (secondary N) is 1. The fraction of sp³-hybridized carbons (Fsp3) is 0.167. The summed E-state index contributed by atoms with van der Waals surface area (Å²) in [6, 6.07) is 18.4. The van der Waals surface area contributed by atoms with E-state index in [1.54, 1.807) is 0 Å². The molecule has 3 rings (SSSR count). The molecule has 6 nitrogen and oxygen atoms in total. The number of aryl methyl sites for hydroxylation is 1. The Kier molecular flexibility index (Phi) is 10.8. The Morgan fingerprint density at radius 3 is 2.18 bits per heavy atom. The number of hydrogen-bond donors (Lipinski definition) is 3. The average Bonchev–Trinajstić information content (AvgIpc) is 2.77. The van der Waals surface area contributed by atoms with Crippen LogP contribution in [0.15, 0.2) is 69.6 Å². The third-order valence-corrected chi connectivity index (χ3v) is 6.15. The molecular formula is C24H24Br2NO5P. The predicted octanol–water partition coefficient (Wildman–Crippen LogP) is 6.33. The Hall–Kier alpha value is -2.41. The van der Waals surface area contributed by atoms with Crippen molar-refractivity contribution in [1.82, 2.24) is 5.32 Å². The lowest BCUT2D eigenvalue weighted by Crippen LogP contribution is -2.29. The molecule has 1 atom stereocenters. The van der Waals surface area contributed by atoms with Gasteiger partial charge in [-0.25, -0.2) is 0 Å². The maximum absolute atomic E-state index is 12.0. The molecule has 174 valence electrons. The summed E-state index contributed by atoms with van der Waals surface area (Å²) >= 11 is 6.96. The van der Waals surface area contributed by atoms with Crippen molar-refractivity contribution in [1.29, 1.82) is 0 Å². The summed E-state index contributed by atoms with van der Waals surface area (Å²) in [5.41, 5.74) is 2.42. The Bertz CT molecular complexity index is 1090. The standard InChI is InChI=1S/C17H16Br2NO5P.C7H8/c1-26-8-9-4-12(18)16(13(19)5-9)25-10-2-3-14(21)11(6-10)17(24)20-7-15(22)23;1-7-5-3-2-4-6-7/h2-6,21,26H,7-8H2,1H3,(H,20,24)(H,22,23);2-6H,1H3. The van der Waals surface area contributed by atoms with Gasteiger partial charge in [0.25, 0.3) is 5.91 Å². The van der Waals surface area contributed by atoms with Crippen molar-refractivity contribution < 1.29 is 24.5 Å². The highest BCUT2D eigenvalue weighted by Gasteiger charge is 2.16. The number of hydrogen-bond acceptors (Lipinski definition) is 4. The largest absolute Gasteiger partial charge is 0.507 e. The van der Waals surface area contributed by atoms with Crippen LogP contribution < -0.4 is 10.1 Å². The number of carbonyl (C=O) groups is 2. The summed E-state index contributed by atoms with van der Waals surface area (Å²) in [5, 5.41) is 20.7. The fourth-order valence-corrected chi connectivity index (χ4v) is 4.74. The third-order valence-electron chi connectivity index (χ3n) is 4.21. The number of carbonyl (C=O) groups excluding carboxylic acids is 1. The zero-order valence-corrected chi connectivity index (χ0v) is 22.2. The zero-order valence-electron chi connectivity index (χ0n) is 18.1. The summed E-state index contributed by atoms with van der Waals surface area (Å²) in [6.45, 7) is 3.67. The highest BCUT2D eigenvalue weighted by atomic mass is 79.9. The van der Waals surface area contributed by atoms with Gasteiger partial charge in [0.15, 0.2) is 5.75 Å². The fourth-order valence-electron chi connectivity index (χ4n) is 2.68. The molecule has 1 amide bonds. The molecule has 0 aliphatic heterocycles. The van der Waals surface area contributed by atoms with Gasteiger partial charge in [-0.05, 0) is 87.5 Å². The second kappa shape index (κ2) is 13.3. The first-order chi connectivity index (χ1) is 15.7. The summed E-state index contributed by atoms with van der Waals surface area (Å²) in [7, 11) is 0.793. The van der Waals surface area contributed by atoms with Crippen molar-refractivity contribution in [3.63, 3.8) is 0 Å². The number of ether oxygens (including phenoxy) is 1. The maximum Gasteiger partial charge on any atom is 0.322 e. The monoisotopic (exact) mass is 595 g/mol. The van der Waals surface area contributed by atoms with Gasteiger partial charge in [0.2, 0.25) is 0 Å². The van der Waals surface area contributed by atoms with E-state index in [1.807, 2.05) is 30.3 Å². The van der Waals surface area contributed by atoms with Crippen LogP contribution in [0.25, 0.3) is 0 Å². The van der Waals surface area contributed by atoms with Crippen LogP contribution in [0, 0.1) is 6.92 Å². The molecule has 33 heavy (non-hydrogen) atoms. The molecule has 0 bridgehead atoms. The maximum atomic E-state index is 12.0. The normalized spacial score (nSPS) is 10.4. The molecule has 0 aliphatic rings. The van der Waals surface area contributed by atoms with Crippen molar-refractivity contribution in [3.05, 3.63) is 86.3 Å². The molecule has 0 saturated carbocycles. The number of aromatic hydroxyl groups is 1. The van der Waals surface area contributed by atoms with Crippen LogP contribution >= 0.6 is 40.4 Å². The van der Waals surface area contributed by atoms with E-state index in [4.69, 9.17) is 9.84 Å². The molecule has 0 saturated heterocycles. The van der Waals surface area contributed by atoms with Crippen LogP contribution in [0.5, 0.6) is 17.2 Å². The van der Waals surface area contributed by atoms with E-state index in [9.17, 15) is 14.7 Å². The van der Waals surface area contributed by atoms with E-state index in [1.165, 1.54) is 23.8 Å². The molecule has 3 aromatic rings. The van der Waals surface area contributed by atoms with Crippen LogP contribution in [0.4, 0.5) is 0 Å². The van der Waals surface area contributed by atoms with E-state index >= 15 is 0 Å². The quantitative estimate of drug-likeness (QED) is 0.277. The molecule has 0 heterocycles. The van der Waals surface area contributed by atoms with Crippen molar-refractivity contribution in [2.24, 2.45) is 0 Å². The smallest absolute Gasteiger partial charge is 0.322 e. The van der Waals surface area contributed by atoms with Gasteiger partial charge in [0.05, 0.1) is 14.5 Å². The summed E-state index contributed by atoms with van der Waals surface area (Å²) in [6.07, 6.45) is 0.963. The zero-order chi connectivity index (χ0) is 24.4. The van der Waals surface area contributed by atoms with Crippen LogP contribution in [-0.4, -0.2) is 35.3 Å². The Labute approximate surface area is 211 Å². The summed E-state index contributed by atoms with van der Waals surface area (Å²) in [4.78, 5) is 22.6. The Morgan fingerprint density at radius 2 is 1.67 bits per heavy atom. The second-order valence-electron chi connectivity index (χ2n) is 6.93. The minimum Gasteiger partial charge on any atom is -0.507 e. The lowest BCUT2D eigenvalue weighted by Gasteiger charge is -2.13. The molecule has 3 N–H and O–H groups in total. The van der Waals surface area contributed by atoms with Gasteiger partial charge in [-0.1, -0.05) is 35.9 Å². The van der Waals surface area contributed by atoms with Crippen molar-refractivity contribution in [3.8, 4) is 17.2 Å². The molecular weight excluding hydrogens is 573 g/mol. The first-order valence-electron chi connectivity index (χ1n) is 9.86. The van der Waals surface area contributed by atoms with Gasteiger partial charge in [-0.15, -0.1) is 8.58 Å². The van der Waals surface area contributed by atoms with Gasteiger partial charge in [-0.3, -0.25) is 9.59 Å². The highest BCUT2D eigenvalue weighted by molar-refractivity contribution is 9.11. The van der Waals surface area contributed by atoms with Crippen LogP contribution in [0.2, 0.25) is 0 Å². The lowest BCUT2D eigenvalue weighted by molar-refractivity contribution is -0.135. The van der Waals surface area contributed by atoms with Crippen LogP contribution in [0.3, 0.4) is 0 Å². The van der Waals surface area contributed by atoms with E-state index in [2.05, 4.69) is 62.9 Å². The minimum absolute atomic E-state index is 0.0696. The minimum atomic E-state index is -1.18. The van der Waals surface area contributed by atoms with Gasteiger partial charge >= 0.3 is 5.97 Å². The van der Waals surface area contributed by atoms with E-state index in [0.29, 0.717) is 11.5 Å². The molecule has 0 fully saturated rings. The second-order valence-corrected chi connectivity index (χ2v) is 9.70. The number of carboxylic acid groups (broad SMARTS) is 1. The van der Waals surface area contributed by atoms with E-state index in [0.717, 1.165) is 29.3 Å². The number of phenols is 1. The first kappa shape index (κ1) is 26.8. The number of aliphatic carboxylic acids is 1. The third kappa shape index (κ3) is 8.80. The van der Waals surface area contributed by atoms with Crippen molar-refractivity contribution >= 4 is 52.3 Å². The van der Waals surface area contributed by atoms with E-state index < -0.39 is 18.4 Å². The van der Waals surface area contributed by atoms with Gasteiger partial charge in [-0.2, -0.15) is 0 Å². The number of halogens is 2. The van der Waals surface area contributed by atoms with Crippen LogP contribution in [-0.2, 0) is 11.0 Å². The molecule has 0 aromatic heterocycles. The number of rotatable bonds is 7.